The summed E-state index contributed by atoms with van der Waals surface area (Å²) in [5, 5.41) is 0. The first-order valence-electron chi connectivity index (χ1n) is 6.20. The molecule has 0 saturated heterocycles. The van der Waals surface area contributed by atoms with Crippen LogP contribution in [0.15, 0.2) is 18.3 Å². The Morgan fingerprint density at radius 1 is 1.31 bits per heavy atom. The van der Waals surface area contributed by atoms with Gasteiger partial charge in [0.25, 0.3) is 0 Å². The maximum Gasteiger partial charge on any atom is 0.141 e. The molecule has 0 radical (unpaired) electrons. The Hall–Kier alpha value is -1.18. The van der Waals surface area contributed by atoms with E-state index in [0.717, 1.165) is 24.1 Å². The van der Waals surface area contributed by atoms with Crippen LogP contribution in [-0.2, 0) is 11.2 Å². The van der Waals surface area contributed by atoms with Crippen molar-refractivity contribution in [1.82, 2.24) is 4.98 Å². The van der Waals surface area contributed by atoms with E-state index in [-0.39, 0.29) is 0 Å². The van der Waals surface area contributed by atoms with Gasteiger partial charge < -0.3 is 0 Å². The third kappa shape index (κ3) is 2.91. The standard InChI is InChI=1S/C14H19NO/c1-11-7-8-13(15-10-11)9-14(16)12-5-3-2-4-6-12/h7-8,10,12H,2-6,9H2,1H3. The minimum Gasteiger partial charge on any atom is -0.299 e. The molecule has 1 aliphatic carbocycles. The molecule has 0 aromatic carbocycles. The summed E-state index contributed by atoms with van der Waals surface area (Å²) < 4.78 is 0. The lowest BCUT2D eigenvalue weighted by molar-refractivity contribution is -0.123. The lowest BCUT2D eigenvalue weighted by atomic mass is 9.85. The highest BCUT2D eigenvalue weighted by atomic mass is 16.1. The molecule has 16 heavy (non-hydrogen) atoms. The van der Waals surface area contributed by atoms with Gasteiger partial charge in [-0.25, -0.2) is 0 Å². The van der Waals surface area contributed by atoms with Crippen LogP contribution in [0.25, 0.3) is 0 Å². The number of ketones is 1. The van der Waals surface area contributed by atoms with Crippen LogP contribution in [0.5, 0.6) is 0 Å². The van der Waals surface area contributed by atoms with Gasteiger partial charge in [0, 0.05) is 24.2 Å². The summed E-state index contributed by atoms with van der Waals surface area (Å²) in [6, 6.07) is 3.99. The maximum absolute atomic E-state index is 12.0. The molecule has 1 heterocycles. The highest BCUT2D eigenvalue weighted by molar-refractivity contribution is 5.82. The summed E-state index contributed by atoms with van der Waals surface area (Å²) in [6.07, 6.45) is 8.27. The molecule has 1 saturated carbocycles. The van der Waals surface area contributed by atoms with Crippen molar-refractivity contribution in [2.75, 3.05) is 0 Å². The lowest BCUT2D eigenvalue weighted by Gasteiger charge is -2.19. The number of pyridine rings is 1. The molecule has 1 fully saturated rings. The van der Waals surface area contributed by atoms with Crippen molar-refractivity contribution in [3.63, 3.8) is 0 Å². The van der Waals surface area contributed by atoms with Gasteiger partial charge in [-0.1, -0.05) is 25.3 Å². The summed E-state index contributed by atoms with van der Waals surface area (Å²) in [5.74, 6) is 0.688. The molecule has 0 spiro atoms. The Kier molecular flexibility index (Phi) is 3.70. The Bertz CT molecular complexity index is 350. The van der Waals surface area contributed by atoms with Gasteiger partial charge in [0.05, 0.1) is 0 Å². The Labute approximate surface area is 97.1 Å². The van der Waals surface area contributed by atoms with E-state index in [2.05, 4.69) is 4.98 Å². The summed E-state index contributed by atoms with van der Waals surface area (Å²) in [7, 11) is 0. The second-order valence-corrected chi connectivity index (χ2v) is 4.80. The third-order valence-corrected chi connectivity index (χ3v) is 3.39. The Balaban J connectivity index is 1.93. The Morgan fingerprint density at radius 3 is 2.69 bits per heavy atom. The second-order valence-electron chi connectivity index (χ2n) is 4.80. The zero-order valence-corrected chi connectivity index (χ0v) is 9.91. The van der Waals surface area contributed by atoms with Crippen molar-refractivity contribution in [1.29, 1.82) is 0 Å². The minimum atomic E-state index is 0.303. The van der Waals surface area contributed by atoms with Gasteiger partial charge in [-0.15, -0.1) is 0 Å². The molecule has 2 nitrogen and oxygen atoms in total. The topological polar surface area (TPSA) is 30.0 Å². The van der Waals surface area contributed by atoms with Crippen LogP contribution in [0.3, 0.4) is 0 Å². The van der Waals surface area contributed by atoms with Gasteiger partial charge in [0.15, 0.2) is 0 Å². The van der Waals surface area contributed by atoms with E-state index < -0.39 is 0 Å². The molecule has 1 aromatic heterocycles. The number of Topliss-reactive ketones (excluding diaryl/α,β-unsaturated/α-hetero) is 1. The van der Waals surface area contributed by atoms with Gasteiger partial charge in [-0.05, 0) is 31.4 Å². The number of nitrogens with zero attached hydrogens (tertiary/aromatic N) is 1. The summed E-state index contributed by atoms with van der Waals surface area (Å²) in [4.78, 5) is 16.3. The van der Waals surface area contributed by atoms with E-state index in [0.29, 0.717) is 18.1 Å². The van der Waals surface area contributed by atoms with Crippen molar-refractivity contribution in [2.45, 2.75) is 45.4 Å². The van der Waals surface area contributed by atoms with Gasteiger partial charge in [0.2, 0.25) is 0 Å². The van der Waals surface area contributed by atoms with E-state index in [1.807, 2.05) is 25.3 Å². The van der Waals surface area contributed by atoms with Gasteiger partial charge in [-0.3, -0.25) is 9.78 Å². The molecule has 0 unspecified atom stereocenters. The molecule has 0 amide bonds. The fraction of sp³-hybridized carbons (Fsp3) is 0.571. The molecule has 1 aliphatic rings. The highest BCUT2D eigenvalue weighted by Crippen LogP contribution is 2.25. The number of carbonyl (C=O) groups excluding carboxylic acids is 1. The summed E-state index contributed by atoms with van der Waals surface area (Å²) >= 11 is 0. The van der Waals surface area contributed by atoms with Crippen LogP contribution in [0.4, 0.5) is 0 Å². The average molecular weight is 217 g/mol. The van der Waals surface area contributed by atoms with E-state index >= 15 is 0 Å². The van der Waals surface area contributed by atoms with Crippen molar-refractivity contribution >= 4 is 5.78 Å². The van der Waals surface area contributed by atoms with Gasteiger partial charge in [0.1, 0.15) is 5.78 Å². The van der Waals surface area contributed by atoms with Crippen LogP contribution < -0.4 is 0 Å². The lowest BCUT2D eigenvalue weighted by Crippen LogP contribution is -2.19. The molecule has 2 rings (SSSR count). The molecule has 2 heteroatoms. The normalized spacial score (nSPS) is 17.3. The number of aromatic nitrogens is 1. The fourth-order valence-electron chi connectivity index (χ4n) is 2.35. The number of carbonyl (C=O) groups is 1. The maximum atomic E-state index is 12.0. The van der Waals surface area contributed by atoms with E-state index in [9.17, 15) is 4.79 Å². The first-order chi connectivity index (χ1) is 7.75. The zero-order chi connectivity index (χ0) is 11.4. The van der Waals surface area contributed by atoms with E-state index in [1.54, 1.807) is 0 Å². The highest BCUT2D eigenvalue weighted by Gasteiger charge is 2.21. The van der Waals surface area contributed by atoms with E-state index in [1.165, 1.54) is 19.3 Å². The number of aryl methyl sites for hydroxylation is 1. The first-order valence-corrected chi connectivity index (χ1v) is 6.20. The Morgan fingerprint density at radius 2 is 2.06 bits per heavy atom. The van der Waals surface area contributed by atoms with Crippen molar-refractivity contribution in [2.24, 2.45) is 5.92 Å². The largest absolute Gasteiger partial charge is 0.299 e. The minimum absolute atomic E-state index is 0.303. The van der Waals surface area contributed by atoms with Crippen LogP contribution in [0, 0.1) is 12.8 Å². The number of hydrogen-bond acceptors (Lipinski definition) is 2. The molecule has 0 atom stereocenters. The molecule has 0 N–H and O–H groups in total. The molecule has 0 aliphatic heterocycles. The van der Waals surface area contributed by atoms with Gasteiger partial charge >= 0.3 is 0 Å². The molecule has 1 aromatic rings. The smallest absolute Gasteiger partial charge is 0.141 e. The zero-order valence-electron chi connectivity index (χ0n) is 9.91. The van der Waals surface area contributed by atoms with E-state index in [4.69, 9.17) is 0 Å². The molecular formula is C14H19NO. The number of rotatable bonds is 3. The summed E-state index contributed by atoms with van der Waals surface area (Å²) in [5.41, 5.74) is 2.06. The SMILES string of the molecule is Cc1ccc(CC(=O)C2CCCCC2)nc1. The fourth-order valence-corrected chi connectivity index (χ4v) is 2.35. The predicted octanol–water partition coefficient (Wildman–Crippen LogP) is 3.08. The van der Waals surface area contributed by atoms with Crippen LogP contribution >= 0.6 is 0 Å². The van der Waals surface area contributed by atoms with Crippen LogP contribution in [0.1, 0.15) is 43.4 Å². The molecule has 0 bridgehead atoms. The van der Waals surface area contributed by atoms with Crippen molar-refractivity contribution in [3.05, 3.63) is 29.6 Å². The molecular weight excluding hydrogens is 198 g/mol. The van der Waals surface area contributed by atoms with Gasteiger partial charge in [-0.2, -0.15) is 0 Å². The quantitative estimate of drug-likeness (QED) is 0.778. The van der Waals surface area contributed by atoms with Crippen LogP contribution in [-0.4, -0.2) is 10.8 Å². The monoisotopic (exact) mass is 217 g/mol. The second kappa shape index (κ2) is 5.24. The average Bonchev–Trinajstić information content (AvgIpc) is 2.33. The third-order valence-electron chi connectivity index (χ3n) is 3.39. The van der Waals surface area contributed by atoms with Crippen molar-refractivity contribution in [3.8, 4) is 0 Å². The summed E-state index contributed by atoms with van der Waals surface area (Å²) in [6.45, 7) is 2.01. The van der Waals surface area contributed by atoms with Crippen molar-refractivity contribution < 1.29 is 4.79 Å². The first kappa shape index (κ1) is 11.3. The molecule has 86 valence electrons. The number of hydrogen-bond donors (Lipinski definition) is 0. The predicted molar refractivity (Wildman–Crippen MR) is 64.3 cm³/mol. The van der Waals surface area contributed by atoms with Crippen LogP contribution in [0.2, 0.25) is 0 Å².